The third-order valence-electron chi connectivity index (χ3n) is 4.12. The Morgan fingerprint density at radius 3 is 2.38 bits per heavy atom. The van der Waals surface area contributed by atoms with Gasteiger partial charge >= 0.3 is 0 Å². The molecule has 1 aromatic rings. The Bertz CT molecular complexity index is 346. The monoisotopic (exact) mass is 281 g/mol. The molecule has 0 aromatic heterocycles. The molecule has 0 spiro atoms. The largest absolute Gasteiger partial charge is 0.316 e. The molecule has 0 aliphatic heterocycles. The zero-order valence-electron chi connectivity index (χ0n) is 10.2. The van der Waals surface area contributed by atoms with Gasteiger partial charge in [0, 0.05) is 10.5 Å². The summed E-state index contributed by atoms with van der Waals surface area (Å²) < 4.78 is 1.17. The Morgan fingerprint density at radius 2 is 1.88 bits per heavy atom. The Morgan fingerprint density at radius 1 is 1.25 bits per heavy atom. The van der Waals surface area contributed by atoms with E-state index in [2.05, 4.69) is 66.4 Å². The topological polar surface area (TPSA) is 12.0 Å². The highest BCUT2D eigenvalue weighted by Crippen LogP contribution is 2.49. The van der Waals surface area contributed by atoms with E-state index in [0.717, 1.165) is 17.8 Å². The van der Waals surface area contributed by atoms with Crippen molar-refractivity contribution < 1.29 is 0 Å². The molecule has 0 heterocycles. The van der Waals surface area contributed by atoms with Crippen LogP contribution in [0.2, 0.25) is 0 Å². The third kappa shape index (κ3) is 1.93. The fraction of sp³-hybridized carbons (Fsp3) is 0.571. The highest BCUT2D eigenvalue weighted by atomic mass is 79.9. The van der Waals surface area contributed by atoms with Gasteiger partial charge in [0.2, 0.25) is 0 Å². The number of hydrogen-bond acceptors (Lipinski definition) is 1. The van der Waals surface area contributed by atoms with Crippen molar-refractivity contribution in [3.05, 3.63) is 34.3 Å². The highest BCUT2D eigenvalue weighted by molar-refractivity contribution is 9.10. The number of benzene rings is 1. The van der Waals surface area contributed by atoms with E-state index >= 15 is 0 Å². The van der Waals surface area contributed by atoms with E-state index in [1.54, 1.807) is 0 Å². The molecule has 1 N–H and O–H groups in total. The van der Waals surface area contributed by atoms with E-state index in [1.165, 1.54) is 16.5 Å². The second-order valence-corrected chi connectivity index (χ2v) is 5.74. The molecule has 4 atom stereocenters. The molecule has 0 saturated heterocycles. The Kier molecular flexibility index (Phi) is 3.70. The minimum absolute atomic E-state index is 0.693. The van der Waals surface area contributed by atoms with Crippen molar-refractivity contribution >= 4 is 15.9 Å². The number of halogens is 1. The molecule has 1 nitrogen and oxygen atoms in total. The van der Waals surface area contributed by atoms with Gasteiger partial charge in [0.15, 0.2) is 0 Å². The summed E-state index contributed by atoms with van der Waals surface area (Å²) in [6.45, 7) is 4.66. The molecule has 0 radical (unpaired) electrons. The van der Waals surface area contributed by atoms with Crippen molar-refractivity contribution in [1.29, 1.82) is 0 Å². The van der Waals surface area contributed by atoms with Gasteiger partial charge in [-0.2, -0.15) is 0 Å². The van der Waals surface area contributed by atoms with Crippen LogP contribution < -0.4 is 5.32 Å². The van der Waals surface area contributed by atoms with E-state index in [-0.39, 0.29) is 0 Å². The first-order valence-corrected chi connectivity index (χ1v) is 6.91. The summed E-state index contributed by atoms with van der Waals surface area (Å²) in [5.41, 5.74) is 1.49. The summed E-state index contributed by atoms with van der Waals surface area (Å²) >= 11 is 3.49. The summed E-state index contributed by atoms with van der Waals surface area (Å²) in [7, 11) is 2.08. The lowest BCUT2D eigenvalue weighted by Gasteiger charge is -2.51. The van der Waals surface area contributed by atoms with Crippen molar-refractivity contribution in [2.75, 3.05) is 7.05 Å². The summed E-state index contributed by atoms with van der Waals surface area (Å²) in [5, 5.41) is 3.45. The maximum atomic E-state index is 3.49. The van der Waals surface area contributed by atoms with Gasteiger partial charge in [0.25, 0.3) is 0 Å². The molecule has 1 aliphatic rings. The van der Waals surface area contributed by atoms with E-state index < -0.39 is 0 Å². The number of rotatable bonds is 3. The number of hydrogen-bond donors (Lipinski definition) is 1. The van der Waals surface area contributed by atoms with Crippen molar-refractivity contribution in [3.63, 3.8) is 0 Å². The van der Waals surface area contributed by atoms with Gasteiger partial charge in [-0.05, 0) is 42.5 Å². The van der Waals surface area contributed by atoms with Crippen LogP contribution in [0.3, 0.4) is 0 Å². The lowest BCUT2D eigenvalue weighted by molar-refractivity contribution is 0.0847. The van der Waals surface area contributed by atoms with Gasteiger partial charge in [-0.15, -0.1) is 0 Å². The van der Waals surface area contributed by atoms with E-state index in [9.17, 15) is 0 Å². The minimum Gasteiger partial charge on any atom is -0.316 e. The number of nitrogens with one attached hydrogen (secondary N) is 1. The second-order valence-electron chi connectivity index (χ2n) is 4.82. The standard InChI is InChI=1S/C14H20BrN/c1-4-12-13(9(2)14(12)16-3)10-5-7-11(15)8-6-10/h5-9,12-14,16H,4H2,1-3H3. The molecule has 0 amide bonds. The quantitative estimate of drug-likeness (QED) is 0.889. The highest BCUT2D eigenvalue weighted by Gasteiger charge is 2.46. The molecule has 4 unspecified atom stereocenters. The summed E-state index contributed by atoms with van der Waals surface area (Å²) in [4.78, 5) is 0. The average molecular weight is 282 g/mol. The van der Waals surface area contributed by atoms with Gasteiger partial charge in [0.1, 0.15) is 0 Å². The average Bonchev–Trinajstić information content (AvgIpc) is 2.29. The van der Waals surface area contributed by atoms with Crippen LogP contribution in [0, 0.1) is 11.8 Å². The normalized spacial score (nSPS) is 33.5. The predicted octanol–water partition coefficient (Wildman–Crippen LogP) is 3.80. The zero-order chi connectivity index (χ0) is 11.7. The molecular weight excluding hydrogens is 262 g/mol. The lowest BCUT2D eigenvalue weighted by atomic mass is 9.58. The molecule has 1 aliphatic carbocycles. The van der Waals surface area contributed by atoms with Gasteiger partial charge in [-0.25, -0.2) is 0 Å². The molecule has 2 heteroatoms. The van der Waals surface area contributed by atoms with Gasteiger partial charge in [-0.1, -0.05) is 48.3 Å². The first kappa shape index (κ1) is 12.1. The van der Waals surface area contributed by atoms with Gasteiger partial charge < -0.3 is 5.32 Å². The van der Waals surface area contributed by atoms with E-state index in [0.29, 0.717) is 6.04 Å². The van der Waals surface area contributed by atoms with Crippen LogP contribution in [0.25, 0.3) is 0 Å². The Hall–Kier alpha value is -0.340. The van der Waals surface area contributed by atoms with Crippen molar-refractivity contribution in [1.82, 2.24) is 5.32 Å². The SMILES string of the molecule is CCC1C(NC)C(C)C1c1ccc(Br)cc1. The minimum atomic E-state index is 0.693. The van der Waals surface area contributed by atoms with Crippen LogP contribution in [0.15, 0.2) is 28.7 Å². The van der Waals surface area contributed by atoms with Crippen molar-refractivity contribution in [3.8, 4) is 0 Å². The maximum absolute atomic E-state index is 3.49. The van der Waals surface area contributed by atoms with Crippen LogP contribution in [0.1, 0.15) is 31.7 Å². The Balaban J connectivity index is 2.18. The van der Waals surface area contributed by atoms with E-state index in [1.807, 2.05) is 0 Å². The zero-order valence-corrected chi connectivity index (χ0v) is 11.8. The van der Waals surface area contributed by atoms with Gasteiger partial charge in [-0.3, -0.25) is 0 Å². The molecule has 2 rings (SSSR count). The van der Waals surface area contributed by atoms with Gasteiger partial charge in [0.05, 0.1) is 0 Å². The maximum Gasteiger partial charge on any atom is 0.0175 e. The molecule has 88 valence electrons. The summed E-state index contributed by atoms with van der Waals surface area (Å²) in [6, 6.07) is 9.53. The molecule has 1 aromatic carbocycles. The van der Waals surface area contributed by atoms with Crippen LogP contribution in [-0.2, 0) is 0 Å². The van der Waals surface area contributed by atoms with Crippen molar-refractivity contribution in [2.45, 2.75) is 32.2 Å². The van der Waals surface area contributed by atoms with Crippen molar-refractivity contribution in [2.24, 2.45) is 11.8 Å². The molecule has 0 bridgehead atoms. The molecule has 1 fully saturated rings. The molecular formula is C14H20BrN. The second kappa shape index (κ2) is 4.89. The first-order chi connectivity index (χ1) is 7.69. The fourth-order valence-corrected chi connectivity index (χ4v) is 3.57. The predicted molar refractivity (Wildman–Crippen MR) is 72.7 cm³/mol. The smallest absolute Gasteiger partial charge is 0.0175 e. The van der Waals surface area contributed by atoms with E-state index in [4.69, 9.17) is 0 Å². The van der Waals surface area contributed by atoms with Crippen LogP contribution in [0.4, 0.5) is 0 Å². The first-order valence-electron chi connectivity index (χ1n) is 6.11. The lowest BCUT2D eigenvalue weighted by Crippen LogP contribution is -2.54. The van der Waals surface area contributed by atoms with Crippen LogP contribution in [0.5, 0.6) is 0 Å². The summed E-state index contributed by atoms with van der Waals surface area (Å²) in [5.74, 6) is 2.27. The summed E-state index contributed by atoms with van der Waals surface area (Å²) in [6.07, 6.45) is 1.26. The van der Waals surface area contributed by atoms with Crippen LogP contribution >= 0.6 is 15.9 Å². The fourth-order valence-electron chi connectivity index (χ4n) is 3.30. The van der Waals surface area contributed by atoms with Crippen LogP contribution in [-0.4, -0.2) is 13.1 Å². The third-order valence-corrected chi connectivity index (χ3v) is 4.64. The molecule has 16 heavy (non-hydrogen) atoms. The molecule has 1 saturated carbocycles. The Labute approximate surface area is 107 Å².